The van der Waals surface area contributed by atoms with Gasteiger partial charge >= 0.3 is 5.97 Å². The van der Waals surface area contributed by atoms with Gasteiger partial charge in [0.05, 0.1) is 5.56 Å². The number of aromatic carboxylic acids is 1. The van der Waals surface area contributed by atoms with E-state index in [9.17, 15) is 9.59 Å². The highest BCUT2D eigenvalue weighted by atomic mass is 32.2. The van der Waals surface area contributed by atoms with Crippen LogP contribution in [0.15, 0.2) is 46.3 Å². The number of nitrogens with one attached hydrogen (secondary N) is 1. The SMILES string of the molecule is CCNC(=O)c1ccc(Sc2ccccc2C(=O)O)nn1. The summed E-state index contributed by atoms with van der Waals surface area (Å²) < 4.78 is 0. The molecule has 0 aliphatic heterocycles. The lowest BCUT2D eigenvalue weighted by atomic mass is 10.2. The normalized spacial score (nSPS) is 10.1. The van der Waals surface area contributed by atoms with E-state index in [-0.39, 0.29) is 17.2 Å². The Balaban J connectivity index is 2.18. The first-order valence-corrected chi connectivity index (χ1v) is 7.05. The van der Waals surface area contributed by atoms with E-state index >= 15 is 0 Å². The lowest BCUT2D eigenvalue weighted by Crippen LogP contribution is -2.23. The second kappa shape index (κ2) is 6.85. The number of hydrogen-bond donors (Lipinski definition) is 2. The van der Waals surface area contributed by atoms with Gasteiger partial charge in [0.25, 0.3) is 5.91 Å². The van der Waals surface area contributed by atoms with E-state index < -0.39 is 5.97 Å². The Morgan fingerprint density at radius 3 is 2.57 bits per heavy atom. The van der Waals surface area contributed by atoms with Gasteiger partial charge in [-0.2, -0.15) is 0 Å². The van der Waals surface area contributed by atoms with E-state index in [1.807, 2.05) is 6.92 Å². The first-order valence-electron chi connectivity index (χ1n) is 6.24. The molecule has 0 spiro atoms. The molecular weight excluding hydrogens is 290 g/mol. The minimum atomic E-state index is -0.995. The zero-order valence-corrected chi connectivity index (χ0v) is 12.1. The predicted molar refractivity (Wildman–Crippen MR) is 77.6 cm³/mol. The molecule has 0 atom stereocenters. The van der Waals surface area contributed by atoms with Crippen LogP contribution in [-0.4, -0.2) is 33.7 Å². The van der Waals surface area contributed by atoms with Gasteiger partial charge < -0.3 is 10.4 Å². The van der Waals surface area contributed by atoms with Crippen molar-refractivity contribution in [1.29, 1.82) is 0 Å². The molecule has 2 N–H and O–H groups in total. The maximum Gasteiger partial charge on any atom is 0.336 e. The first kappa shape index (κ1) is 15.0. The highest BCUT2D eigenvalue weighted by Crippen LogP contribution is 2.28. The van der Waals surface area contributed by atoms with E-state index in [2.05, 4.69) is 15.5 Å². The van der Waals surface area contributed by atoms with Crippen molar-refractivity contribution < 1.29 is 14.7 Å². The predicted octanol–water partition coefficient (Wildman–Crippen LogP) is 2.08. The number of carbonyl (C=O) groups excluding carboxylic acids is 1. The number of carboxylic acids is 1. The van der Waals surface area contributed by atoms with Gasteiger partial charge in [-0.3, -0.25) is 4.79 Å². The number of benzene rings is 1. The monoisotopic (exact) mass is 303 g/mol. The van der Waals surface area contributed by atoms with Crippen LogP contribution < -0.4 is 5.32 Å². The first-order chi connectivity index (χ1) is 10.1. The Morgan fingerprint density at radius 2 is 1.95 bits per heavy atom. The number of rotatable bonds is 5. The summed E-state index contributed by atoms with van der Waals surface area (Å²) in [4.78, 5) is 23.3. The molecule has 1 aromatic heterocycles. The van der Waals surface area contributed by atoms with Crippen molar-refractivity contribution in [1.82, 2.24) is 15.5 Å². The van der Waals surface area contributed by atoms with E-state index in [1.165, 1.54) is 17.8 Å². The summed E-state index contributed by atoms with van der Waals surface area (Å²) in [6.07, 6.45) is 0. The molecule has 0 fully saturated rings. The fraction of sp³-hybridized carbons (Fsp3) is 0.143. The molecule has 0 radical (unpaired) electrons. The van der Waals surface area contributed by atoms with E-state index in [4.69, 9.17) is 5.11 Å². The van der Waals surface area contributed by atoms with Crippen LogP contribution in [-0.2, 0) is 0 Å². The molecular formula is C14H13N3O3S. The van der Waals surface area contributed by atoms with Crippen molar-refractivity contribution in [3.8, 4) is 0 Å². The summed E-state index contributed by atoms with van der Waals surface area (Å²) in [6, 6.07) is 9.85. The quantitative estimate of drug-likeness (QED) is 0.878. The topological polar surface area (TPSA) is 92.2 Å². The average Bonchev–Trinajstić information content (AvgIpc) is 2.48. The Hall–Kier alpha value is -2.41. The molecule has 21 heavy (non-hydrogen) atoms. The van der Waals surface area contributed by atoms with Crippen LogP contribution in [0.4, 0.5) is 0 Å². The van der Waals surface area contributed by atoms with Crippen LogP contribution in [0, 0.1) is 0 Å². The second-order valence-electron chi connectivity index (χ2n) is 4.02. The highest BCUT2D eigenvalue weighted by molar-refractivity contribution is 7.99. The van der Waals surface area contributed by atoms with E-state index in [0.29, 0.717) is 16.5 Å². The fourth-order valence-corrected chi connectivity index (χ4v) is 2.45. The molecule has 1 aromatic carbocycles. The molecule has 0 aliphatic carbocycles. The van der Waals surface area contributed by atoms with Crippen LogP contribution in [0.3, 0.4) is 0 Å². The number of aromatic nitrogens is 2. The second-order valence-corrected chi connectivity index (χ2v) is 5.08. The Bertz CT molecular complexity index is 659. The van der Waals surface area contributed by atoms with Gasteiger partial charge in [0, 0.05) is 11.4 Å². The molecule has 0 saturated heterocycles. The highest BCUT2D eigenvalue weighted by Gasteiger charge is 2.12. The molecule has 7 heteroatoms. The molecule has 1 heterocycles. The maximum absolute atomic E-state index is 11.6. The van der Waals surface area contributed by atoms with Gasteiger partial charge in [0.15, 0.2) is 5.69 Å². The molecule has 2 aromatic rings. The van der Waals surface area contributed by atoms with Gasteiger partial charge in [-0.05, 0) is 31.2 Å². The summed E-state index contributed by atoms with van der Waals surface area (Å²) in [6.45, 7) is 2.33. The summed E-state index contributed by atoms with van der Waals surface area (Å²) in [5.41, 5.74) is 0.435. The molecule has 0 bridgehead atoms. The van der Waals surface area contributed by atoms with Crippen LogP contribution in [0.25, 0.3) is 0 Å². The van der Waals surface area contributed by atoms with Crippen LogP contribution in [0.2, 0.25) is 0 Å². The van der Waals surface area contributed by atoms with Crippen LogP contribution in [0.5, 0.6) is 0 Å². The summed E-state index contributed by atoms with van der Waals surface area (Å²) >= 11 is 1.19. The van der Waals surface area contributed by atoms with E-state index in [0.717, 1.165) is 0 Å². The van der Waals surface area contributed by atoms with E-state index in [1.54, 1.807) is 30.3 Å². The van der Waals surface area contributed by atoms with Crippen LogP contribution in [0.1, 0.15) is 27.8 Å². The largest absolute Gasteiger partial charge is 0.478 e. The zero-order valence-electron chi connectivity index (χ0n) is 11.2. The number of carboxylic acid groups (broad SMARTS) is 1. The average molecular weight is 303 g/mol. The van der Waals surface area contributed by atoms with Crippen molar-refractivity contribution in [2.75, 3.05) is 6.54 Å². The molecule has 6 nitrogen and oxygen atoms in total. The molecule has 0 unspecified atom stereocenters. The lowest BCUT2D eigenvalue weighted by Gasteiger charge is -2.05. The number of hydrogen-bond acceptors (Lipinski definition) is 5. The third kappa shape index (κ3) is 3.79. The molecule has 0 saturated carbocycles. The zero-order chi connectivity index (χ0) is 15.2. The van der Waals surface area contributed by atoms with Gasteiger partial charge in [-0.1, -0.05) is 23.9 Å². The minimum absolute atomic E-state index is 0.206. The molecule has 108 valence electrons. The molecule has 0 aliphatic rings. The van der Waals surface area contributed by atoms with Crippen molar-refractivity contribution in [3.05, 3.63) is 47.7 Å². The maximum atomic E-state index is 11.6. The van der Waals surface area contributed by atoms with Gasteiger partial charge in [0.2, 0.25) is 0 Å². The Morgan fingerprint density at radius 1 is 1.19 bits per heavy atom. The Labute approximate surface area is 125 Å². The van der Waals surface area contributed by atoms with Crippen molar-refractivity contribution >= 4 is 23.6 Å². The summed E-state index contributed by atoms with van der Waals surface area (Å²) in [5.74, 6) is -1.28. The lowest BCUT2D eigenvalue weighted by molar-refractivity contribution is 0.0693. The number of amides is 1. The van der Waals surface area contributed by atoms with Gasteiger partial charge in [-0.25, -0.2) is 4.79 Å². The summed E-state index contributed by atoms with van der Waals surface area (Å²) in [5, 5.41) is 20.0. The van der Waals surface area contributed by atoms with Crippen molar-refractivity contribution in [2.24, 2.45) is 0 Å². The third-order valence-corrected chi connectivity index (χ3v) is 3.54. The third-order valence-electron chi connectivity index (χ3n) is 2.54. The molecule has 1 amide bonds. The van der Waals surface area contributed by atoms with Crippen molar-refractivity contribution in [3.63, 3.8) is 0 Å². The number of carbonyl (C=O) groups is 2. The van der Waals surface area contributed by atoms with Crippen molar-refractivity contribution in [2.45, 2.75) is 16.8 Å². The minimum Gasteiger partial charge on any atom is -0.478 e. The van der Waals surface area contributed by atoms with Gasteiger partial charge in [0.1, 0.15) is 5.03 Å². The number of nitrogens with zero attached hydrogens (tertiary/aromatic N) is 2. The smallest absolute Gasteiger partial charge is 0.336 e. The van der Waals surface area contributed by atoms with Crippen LogP contribution >= 0.6 is 11.8 Å². The standard InChI is InChI=1S/C14H13N3O3S/c1-2-15-13(18)10-7-8-12(17-16-10)21-11-6-4-3-5-9(11)14(19)20/h3-8H,2H2,1H3,(H,15,18)(H,19,20). The Kier molecular flexibility index (Phi) is 4.89. The summed E-state index contributed by atoms with van der Waals surface area (Å²) in [7, 11) is 0. The van der Waals surface area contributed by atoms with Gasteiger partial charge in [-0.15, -0.1) is 10.2 Å². The molecule has 2 rings (SSSR count). The fourth-order valence-electron chi connectivity index (χ4n) is 1.59.